The van der Waals surface area contributed by atoms with E-state index in [0.717, 1.165) is 28.3 Å². The van der Waals surface area contributed by atoms with Gasteiger partial charge in [0.05, 0.1) is 35.9 Å². The molecule has 0 N–H and O–H groups in total. The normalized spacial score (nSPS) is 11.1. The van der Waals surface area contributed by atoms with Gasteiger partial charge >= 0.3 is 5.97 Å². The van der Waals surface area contributed by atoms with Crippen molar-refractivity contribution in [2.45, 2.75) is 13.5 Å². The third kappa shape index (κ3) is 3.97. The molecule has 176 valence electrons. The summed E-state index contributed by atoms with van der Waals surface area (Å²) in [5, 5.41) is 12.2. The van der Waals surface area contributed by atoms with Gasteiger partial charge in [-0.25, -0.2) is 4.79 Å². The molecule has 0 spiro atoms. The van der Waals surface area contributed by atoms with E-state index in [1.165, 1.54) is 12.1 Å². The number of rotatable bonds is 7. The lowest BCUT2D eigenvalue weighted by Crippen LogP contribution is -2.14. The number of methoxy groups -OCH3 is 1. The number of carbonyl (C=O) groups excluding carboxylic acids is 1. The van der Waals surface area contributed by atoms with Crippen LogP contribution in [0.1, 0.15) is 23.0 Å². The molecule has 0 aliphatic rings. The highest BCUT2D eigenvalue weighted by Crippen LogP contribution is 2.41. The summed E-state index contributed by atoms with van der Waals surface area (Å²) in [6.45, 7) is 2.25. The number of nitrogens with zero attached hydrogens (tertiary/aromatic N) is 4. The van der Waals surface area contributed by atoms with Crippen LogP contribution in [0.2, 0.25) is 0 Å². The van der Waals surface area contributed by atoms with Crippen molar-refractivity contribution in [1.29, 1.82) is 0 Å². The van der Waals surface area contributed by atoms with Gasteiger partial charge in [0.1, 0.15) is 22.5 Å². The predicted molar refractivity (Wildman–Crippen MR) is 133 cm³/mol. The molecule has 2 aromatic heterocycles. The molecule has 0 unspecified atom stereocenters. The lowest BCUT2D eigenvalue weighted by atomic mass is 10.0. The van der Waals surface area contributed by atoms with Gasteiger partial charge in [-0.3, -0.25) is 10.1 Å². The molecule has 0 aliphatic heterocycles. The Bertz CT molecular complexity index is 1590. The number of ether oxygens (including phenoxy) is 2. The first kappa shape index (κ1) is 22.5. The zero-order valence-electron chi connectivity index (χ0n) is 18.9. The number of nitro benzene ring substituents is 1. The van der Waals surface area contributed by atoms with Gasteiger partial charge in [-0.2, -0.15) is 8.75 Å². The lowest BCUT2D eigenvalue weighted by molar-refractivity contribution is -0.384. The van der Waals surface area contributed by atoms with Crippen molar-refractivity contribution in [3.8, 4) is 16.9 Å². The molecule has 0 fully saturated rings. The fourth-order valence-corrected chi connectivity index (χ4v) is 4.78. The molecule has 9 nitrogen and oxygen atoms in total. The highest BCUT2D eigenvalue weighted by Gasteiger charge is 2.28. The summed E-state index contributed by atoms with van der Waals surface area (Å²) in [7, 11) is 1.54. The van der Waals surface area contributed by atoms with Crippen LogP contribution in [0.25, 0.3) is 33.1 Å². The summed E-state index contributed by atoms with van der Waals surface area (Å²) < 4.78 is 21.4. The van der Waals surface area contributed by atoms with E-state index in [2.05, 4.69) is 8.75 Å². The molecule has 3 aromatic carbocycles. The van der Waals surface area contributed by atoms with Gasteiger partial charge in [0, 0.05) is 35.2 Å². The molecule has 2 heterocycles. The van der Waals surface area contributed by atoms with Gasteiger partial charge in [-0.1, -0.05) is 24.3 Å². The molecule has 5 rings (SSSR count). The number of aromatic nitrogens is 3. The van der Waals surface area contributed by atoms with Gasteiger partial charge in [-0.05, 0) is 36.8 Å². The molecule has 5 aromatic rings. The SMILES string of the molecule is CCOC(=O)c1c(-c2ccccc2OC)c2cc([N+](=O)[O-])ccc2n1Cc1ccc2nsnc2c1. The third-order valence-corrected chi connectivity index (χ3v) is 6.32. The van der Waals surface area contributed by atoms with Gasteiger partial charge < -0.3 is 14.0 Å². The molecular formula is C25H20N4O5S. The van der Waals surface area contributed by atoms with Gasteiger partial charge in [0.25, 0.3) is 5.69 Å². The van der Waals surface area contributed by atoms with Crippen LogP contribution in [0.15, 0.2) is 60.7 Å². The fraction of sp³-hybridized carbons (Fsp3) is 0.160. The second-order valence-corrected chi connectivity index (χ2v) is 8.30. The van der Waals surface area contributed by atoms with E-state index in [-0.39, 0.29) is 12.3 Å². The van der Waals surface area contributed by atoms with Crippen LogP contribution in [0.4, 0.5) is 5.69 Å². The van der Waals surface area contributed by atoms with E-state index in [9.17, 15) is 14.9 Å². The maximum atomic E-state index is 13.4. The molecule has 0 atom stereocenters. The Morgan fingerprint density at radius 3 is 2.66 bits per heavy atom. The van der Waals surface area contributed by atoms with Crippen LogP contribution in [0, 0.1) is 10.1 Å². The van der Waals surface area contributed by atoms with Crippen molar-refractivity contribution in [1.82, 2.24) is 13.3 Å². The summed E-state index contributed by atoms with van der Waals surface area (Å²) in [6, 6.07) is 17.6. The number of hydrogen-bond donors (Lipinski definition) is 0. The Balaban J connectivity index is 1.83. The zero-order valence-corrected chi connectivity index (χ0v) is 19.7. The number of esters is 1. The van der Waals surface area contributed by atoms with Crippen LogP contribution >= 0.6 is 11.7 Å². The molecule has 35 heavy (non-hydrogen) atoms. The topological polar surface area (TPSA) is 109 Å². The number of para-hydroxylation sites is 1. The molecule has 0 radical (unpaired) electrons. The summed E-state index contributed by atoms with van der Waals surface area (Å²) in [5.74, 6) is 0.0160. The number of hydrogen-bond acceptors (Lipinski definition) is 8. The quantitative estimate of drug-likeness (QED) is 0.170. The van der Waals surface area contributed by atoms with E-state index < -0.39 is 10.9 Å². The predicted octanol–water partition coefficient (Wildman–Crippen LogP) is 5.45. The van der Waals surface area contributed by atoms with Crippen molar-refractivity contribution in [3.63, 3.8) is 0 Å². The maximum Gasteiger partial charge on any atom is 0.355 e. The van der Waals surface area contributed by atoms with Crippen LogP contribution in [-0.2, 0) is 11.3 Å². The average Bonchev–Trinajstić information content (AvgIpc) is 3.46. The molecule has 10 heteroatoms. The number of fused-ring (bicyclic) bond motifs is 2. The second-order valence-electron chi connectivity index (χ2n) is 7.78. The van der Waals surface area contributed by atoms with Crippen molar-refractivity contribution in [2.75, 3.05) is 13.7 Å². The average molecular weight is 489 g/mol. The van der Waals surface area contributed by atoms with Crippen molar-refractivity contribution >= 4 is 45.3 Å². The van der Waals surface area contributed by atoms with Crippen molar-refractivity contribution < 1.29 is 19.2 Å². The van der Waals surface area contributed by atoms with Crippen molar-refractivity contribution in [2.24, 2.45) is 0 Å². The first-order valence-corrected chi connectivity index (χ1v) is 11.6. The van der Waals surface area contributed by atoms with Crippen molar-refractivity contribution in [3.05, 3.63) is 82.0 Å². The molecule has 0 saturated heterocycles. The lowest BCUT2D eigenvalue weighted by Gasteiger charge is -2.13. The monoisotopic (exact) mass is 488 g/mol. The number of carbonyl (C=O) groups is 1. The molecule has 0 amide bonds. The third-order valence-electron chi connectivity index (χ3n) is 5.76. The summed E-state index contributed by atoms with van der Waals surface area (Å²) in [5.41, 5.74) is 4.51. The highest BCUT2D eigenvalue weighted by atomic mass is 32.1. The minimum Gasteiger partial charge on any atom is -0.496 e. The van der Waals surface area contributed by atoms with E-state index in [1.807, 2.05) is 41.0 Å². The number of benzene rings is 3. The minimum atomic E-state index is -0.524. The number of non-ortho nitro benzene ring substituents is 1. The maximum absolute atomic E-state index is 13.4. The van der Waals surface area contributed by atoms with Gasteiger partial charge in [0.15, 0.2) is 0 Å². The number of nitro groups is 1. The Hall–Kier alpha value is -4.31. The van der Waals surface area contributed by atoms with Crippen LogP contribution in [-0.4, -0.2) is 37.9 Å². The van der Waals surface area contributed by atoms with Crippen LogP contribution in [0.5, 0.6) is 5.75 Å². The zero-order chi connectivity index (χ0) is 24.5. The molecule has 0 aliphatic carbocycles. The van der Waals surface area contributed by atoms with Crippen LogP contribution < -0.4 is 4.74 Å². The smallest absolute Gasteiger partial charge is 0.355 e. The van der Waals surface area contributed by atoms with Gasteiger partial charge in [-0.15, -0.1) is 0 Å². The first-order valence-electron chi connectivity index (χ1n) is 10.8. The highest BCUT2D eigenvalue weighted by molar-refractivity contribution is 7.00. The molecule has 0 saturated carbocycles. The largest absolute Gasteiger partial charge is 0.496 e. The molecular weight excluding hydrogens is 468 g/mol. The summed E-state index contributed by atoms with van der Waals surface area (Å²) in [4.78, 5) is 24.5. The minimum absolute atomic E-state index is 0.0730. The Labute approximate surface area is 204 Å². The van der Waals surface area contributed by atoms with Crippen LogP contribution in [0.3, 0.4) is 0 Å². The van der Waals surface area contributed by atoms with E-state index in [0.29, 0.717) is 40.0 Å². The second kappa shape index (κ2) is 9.15. The van der Waals surface area contributed by atoms with E-state index in [1.54, 1.807) is 26.2 Å². The molecule has 0 bridgehead atoms. The van der Waals surface area contributed by atoms with Gasteiger partial charge in [0.2, 0.25) is 0 Å². The summed E-state index contributed by atoms with van der Waals surface area (Å²) in [6.07, 6.45) is 0. The summed E-state index contributed by atoms with van der Waals surface area (Å²) >= 11 is 1.14. The van der Waals surface area contributed by atoms with E-state index >= 15 is 0 Å². The first-order chi connectivity index (χ1) is 17.0. The Morgan fingerprint density at radius 2 is 1.89 bits per heavy atom. The fourth-order valence-electron chi connectivity index (χ4n) is 4.26. The Kier molecular flexibility index (Phi) is 5.87. The van der Waals surface area contributed by atoms with E-state index in [4.69, 9.17) is 9.47 Å². The Morgan fingerprint density at radius 1 is 1.09 bits per heavy atom. The standard InChI is InChI=1S/C25H20N4O5S/c1-3-34-25(30)24-23(17-6-4-5-7-22(17)33-2)18-13-16(29(31)32)9-11-21(18)28(24)14-15-8-10-19-20(12-15)27-35-26-19/h4-13H,3,14H2,1-2H3.